The molecule has 0 radical (unpaired) electrons. The van der Waals surface area contributed by atoms with Gasteiger partial charge in [-0.15, -0.1) is 0 Å². The summed E-state index contributed by atoms with van der Waals surface area (Å²) < 4.78 is 6.31. The molecular formula is C7H12STe. The quantitative estimate of drug-likeness (QED) is 0.538. The molecule has 0 aromatic carbocycles. The molecule has 1 saturated carbocycles. The predicted molar refractivity (Wildman–Crippen MR) is 48.4 cm³/mol. The number of hydrogen-bond acceptors (Lipinski definition) is 1. The van der Waals surface area contributed by atoms with E-state index in [0.717, 1.165) is 0 Å². The van der Waals surface area contributed by atoms with Crippen molar-refractivity contribution in [1.29, 1.82) is 0 Å². The molecule has 1 fully saturated rings. The van der Waals surface area contributed by atoms with Crippen LogP contribution >= 0.6 is 9.86 Å². The number of allylic oxidation sites excluding steroid dienone is 1. The van der Waals surface area contributed by atoms with E-state index in [2.05, 4.69) is 18.5 Å². The van der Waals surface area contributed by atoms with Crippen molar-refractivity contribution in [3.05, 3.63) is 9.70 Å². The van der Waals surface area contributed by atoms with E-state index >= 15 is 0 Å². The molecule has 0 spiro atoms. The Morgan fingerprint density at radius 2 is 2.00 bits per heavy atom. The Morgan fingerprint density at radius 3 is 2.44 bits per heavy atom. The molecule has 1 aliphatic rings. The summed E-state index contributed by atoms with van der Waals surface area (Å²) in [5.41, 5.74) is 1.64. The molecule has 2 heteroatoms. The Kier molecular flexibility index (Phi) is 3.32. The molecule has 52 valence electrons. The van der Waals surface area contributed by atoms with Gasteiger partial charge in [-0.2, -0.15) is 0 Å². The summed E-state index contributed by atoms with van der Waals surface area (Å²) in [5, 5.41) is 0. The third kappa shape index (κ3) is 2.89. The van der Waals surface area contributed by atoms with Crippen molar-refractivity contribution >= 4 is 32.1 Å². The van der Waals surface area contributed by atoms with Gasteiger partial charge in [0.2, 0.25) is 0 Å². The van der Waals surface area contributed by atoms with E-state index in [1.165, 1.54) is 25.7 Å². The number of hydrogen-bond donors (Lipinski definition) is 1. The second-order valence-electron chi connectivity index (χ2n) is 2.38. The molecule has 9 heavy (non-hydrogen) atoms. The Bertz CT molecular complexity index is 141. The van der Waals surface area contributed by atoms with Gasteiger partial charge in [0.1, 0.15) is 0 Å². The fourth-order valence-electron chi connectivity index (χ4n) is 1.14. The second kappa shape index (κ2) is 3.81. The number of rotatable bonds is 1. The Morgan fingerprint density at radius 1 is 1.44 bits per heavy atom. The van der Waals surface area contributed by atoms with Gasteiger partial charge in [0.15, 0.2) is 0 Å². The molecule has 0 nitrogen and oxygen atoms in total. The van der Waals surface area contributed by atoms with Gasteiger partial charge >= 0.3 is 67.5 Å². The average Bonchev–Trinajstić information content (AvgIpc) is 2.15. The molecule has 1 rings (SSSR count). The van der Waals surface area contributed by atoms with Crippen molar-refractivity contribution in [2.75, 3.05) is 0 Å². The maximum absolute atomic E-state index is 4.36. The van der Waals surface area contributed by atoms with Crippen molar-refractivity contribution in [3.63, 3.8) is 0 Å². The minimum atomic E-state index is -1.20. The van der Waals surface area contributed by atoms with Crippen LogP contribution in [-0.2, 0) is 0 Å². The van der Waals surface area contributed by atoms with E-state index in [0.29, 0.717) is 0 Å². The summed E-state index contributed by atoms with van der Waals surface area (Å²) in [6, 6.07) is 0. The first-order valence-electron chi connectivity index (χ1n) is 3.20. The summed E-state index contributed by atoms with van der Waals surface area (Å²) in [7, 11) is 4.36. The summed E-state index contributed by atoms with van der Waals surface area (Å²) in [4.78, 5) is 0. The normalized spacial score (nSPS) is 19.1. The molecule has 0 aromatic heterocycles. The van der Waals surface area contributed by atoms with Gasteiger partial charge in [0.25, 0.3) is 0 Å². The SMILES string of the molecule is C=[Te](S)C=C1CCCC1. The molecule has 0 aliphatic heterocycles. The van der Waals surface area contributed by atoms with Crippen LogP contribution in [0.4, 0.5) is 0 Å². The van der Waals surface area contributed by atoms with Crippen molar-refractivity contribution < 1.29 is 0 Å². The van der Waals surface area contributed by atoms with Crippen LogP contribution in [-0.4, -0.2) is 22.3 Å². The fraction of sp³-hybridized carbons (Fsp3) is 0.571. The van der Waals surface area contributed by atoms with Gasteiger partial charge in [-0.3, -0.25) is 0 Å². The zero-order valence-electron chi connectivity index (χ0n) is 5.47. The molecule has 1 aliphatic carbocycles. The standard InChI is InChI=1S/C7H12STe/c1-9(8)6-7-4-2-3-5-7/h6,8H,1-5H2. The van der Waals surface area contributed by atoms with Gasteiger partial charge in [0.05, 0.1) is 0 Å². The second-order valence-corrected chi connectivity index (χ2v) is 8.49. The van der Waals surface area contributed by atoms with Crippen LogP contribution in [0.3, 0.4) is 0 Å². The predicted octanol–water partition coefficient (Wildman–Crippen LogP) is 1.96. The molecule has 0 aromatic rings. The number of thiol groups is 1. The first-order valence-corrected chi connectivity index (χ1v) is 9.69. The van der Waals surface area contributed by atoms with E-state index in [1.54, 1.807) is 5.57 Å². The van der Waals surface area contributed by atoms with Crippen LogP contribution in [0.5, 0.6) is 0 Å². The van der Waals surface area contributed by atoms with Crippen LogP contribution in [0.25, 0.3) is 0 Å². The van der Waals surface area contributed by atoms with Crippen LogP contribution < -0.4 is 0 Å². The molecule has 0 saturated heterocycles. The first-order chi connectivity index (χ1) is 4.29. The van der Waals surface area contributed by atoms with E-state index in [9.17, 15) is 0 Å². The molecular weight excluding hydrogens is 244 g/mol. The van der Waals surface area contributed by atoms with Crippen molar-refractivity contribution in [2.24, 2.45) is 0 Å². The van der Waals surface area contributed by atoms with Crippen LogP contribution in [0, 0.1) is 0 Å². The van der Waals surface area contributed by atoms with Crippen LogP contribution in [0.15, 0.2) is 9.70 Å². The van der Waals surface area contributed by atoms with Crippen molar-refractivity contribution in [1.82, 2.24) is 0 Å². The van der Waals surface area contributed by atoms with E-state index in [1.807, 2.05) is 0 Å². The average molecular weight is 256 g/mol. The summed E-state index contributed by atoms with van der Waals surface area (Å²) >= 11 is -1.20. The van der Waals surface area contributed by atoms with E-state index < -0.39 is 17.7 Å². The van der Waals surface area contributed by atoms with Gasteiger partial charge in [-0.25, -0.2) is 0 Å². The van der Waals surface area contributed by atoms with Crippen molar-refractivity contribution in [2.45, 2.75) is 25.7 Å². The summed E-state index contributed by atoms with van der Waals surface area (Å²) in [5.74, 6) is 0. The Hall–Kier alpha value is 0.750. The van der Waals surface area contributed by atoms with Crippen molar-refractivity contribution in [3.8, 4) is 0 Å². The van der Waals surface area contributed by atoms with Gasteiger partial charge in [-0.05, 0) is 0 Å². The Balaban J connectivity index is 2.49. The molecule has 0 bridgehead atoms. The topological polar surface area (TPSA) is 0 Å². The maximum atomic E-state index is 4.36. The molecule has 0 heterocycles. The van der Waals surface area contributed by atoms with Crippen LogP contribution in [0.2, 0.25) is 0 Å². The zero-order valence-corrected chi connectivity index (χ0v) is 8.69. The van der Waals surface area contributed by atoms with E-state index in [-0.39, 0.29) is 0 Å². The molecule has 0 N–H and O–H groups in total. The Labute approximate surface area is 67.4 Å². The third-order valence-corrected chi connectivity index (χ3v) is 3.98. The monoisotopic (exact) mass is 258 g/mol. The van der Waals surface area contributed by atoms with Crippen LogP contribution in [0.1, 0.15) is 25.7 Å². The molecule has 0 atom stereocenters. The minimum absolute atomic E-state index is 1.20. The van der Waals surface area contributed by atoms with Gasteiger partial charge in [0, 0.05) is 0 Å². The first kappa shape index (κ1) is 7.85. The zero-order chi connectivity index (χ0) is 6.69. The fourth-order valence-corrected chi connectivity index (χ4v) is 3.91. The van der Waals surface area contributed by atoms with Gasteiger partial charge < -0.3 is 0 Å². The summed E-state index contributed by atoms with van der Waals surface area (Å²) in [6.45, 7) is 0. The molecule has 0 amide bonds. The third-order valence-electron chi connectivity index (χ3n) is 1.55. The van der Waals surface area contributed by atoms with Gasteiger partial charge in [-0.1, -0.05) is 0 Å². The summed E-state index contributed by atoms with van der Waals surface area (Å²) in [6.07, 6.45) is 5.44. The molecule has 0 unspecified atom stereocenters. The van der Waals surface area contributed by atoms with E-state index in [4.69, 9.17) is 0 Å².